The summed E-state index contributed by atoms with van der Waals surface area (Å²) in [5.74, 6) is 1.33. The third-order valence-electron chi connectivity index (χ3n) is 22.5. The summed E-state index contributed by atoms with van der Waals surface area (Å²) in [5, 5.41) is 10.8. The molecule has 0 unspecified atom stereocenters. The van der Waals surface area contributed by atoms with Crippen molar-refractivity contribution in [3.05, 3.63) is 401 Å². The second-order valence-electron chi connectivity index (χ2n) is 29.9. The molecule has 0 saturated heterocycles. The summed E-state index contributed by atoms with van der Waals surface area (Å²) in [6.07, 6.45) is 5.49. The highest BCUT2D eigenvalue weighted by atomic mass is 14.9. The van der Waals surface area contributed by atoms with Crippen LogP contribution in [0.3, 0.4) is 0 Å². The minimum Gasteiger partial charge on any atom is -0.254 e. The van der Waals surface area contributed by atoms with Crippen LogP contribution in [0.1, 0.15) is 0 Å². The summed E-state index contributed by atoms with van der Waals surface area (Å²) in [4.78, 5) is 59.9. The van der Waals surface area contributed by atoms with Crippen molar-refractivity contribution in [1.29, 1.82) is 0 Å². The maximum Gasteiger partial charge on any atom is 0.160 e. The fraction of sp³-hybridized carbons (Fsp3) is 0. The van der Waals surface area contributed by atoms with E-state index < -0.39 is 0 Å². The molecular weight excluding hydrogens is 1470 g/mol. The molecule has 0 bridgehead atoms. The maximum atomic E-state index is 5.29. The Kier molecular flexibility index (Phi) is 17.6. The Labute approximate surface area is 689 Å². The van der Waals surface area contributed by atoms with Crippen molar-refractivity contribution >= 4 is 98.0 Å². The van der Waals surface area contributed by atoms with Crippen LogP contribution < -0.4 is 0 Å². The molecule has 0 fully saturated rings. The molecule has 10 heterocycles. The van der Waals surface area contributed by atoms with Crippen molar-refractivity contribution in [1.82, 2.24) is 59.8 Å². The van der Waals surface area contributed by atoms with E-state index in [-0.39, 0.29) is 0 Å². The van der Waals surface area contributed by atoms with E-state index in [1.165, 1.54) is 0 Å². The molecule has 0 spiro atoms. The molecule has 23 rings (SSSR count). The molecule has 10 aromatic heterocycles. The first-order valence-electron chi connectivity index (χ1n) is 39.9. The number of benzene rings is 13. The van der Waals surface area contributed by atoms with Crippen LogP contribution in [0.15, 0.2) is 401 Å². The highest BCUT2D eigenvalue weighted by Gasteiger charge is 2.20. The van der Waals surface area contributed by atoms with Gasteiger partial charge in [0.15, 0.2) is 11.6 Å². The number of fused-ring (bicyclic) bond motifs is 11. The Morgan fingerprint density at radius 1 is 0.142 bits per heavy atom. The molecule has 12 nitrogen and oxygen atoms in total. The number of pyridine rings is 8. The number of aromatic nitrogens is 12. The molecule has 0 atom stereocenters. The minimum atomic E-state index is 0.665. The van der Waals surface area contributed by atoms with Crippen molar-refractivity contribution in [3.8, 4) is 135 Å². The third kappa shape index (κ3) is 13.4. The first kappa shape index (κ1) is 70.2. The SMILES string of the molecule is c1ccc(-c2cc(-c3ccc4ccc(-c5ccc6ccc(-c7ccc(-c8cc9cccnc9c9ncccc89)cc7)nc6c5)cc4n3)nc(-c3ccccc3)n2)cc1.c1ccc(-c2cc(-c3ccc4ccc(-c5ccc6ccc(-c7ccc(-c8ccc9ccc%10cccnc%10c9n8)c8ccccc78)nc6c5)cc4n3)nc(-c3ccccc3)n2)cc1. The lowest BCUT2D eigenvalue weighted by atomic mass is 9.95. The molecule has 0 aliphatic heterocycles. The summed E-state index contributed by atoms with van der Waals surface area (Å²) in [6, 6.07) is 132. The fourth-order valence-corrected chi connectivity index (χ4v) is 16.3. The number of hydrogen-bond donors (Lipinski definition) is 0. The second-order valence-corrected chi connectivity index (χ2v) is 29.9. The van der Waals surface area contributed by atoms with E-state index in [9.17, 15) is 0 Å². The normalized spacial score (nSPS) is 11.5. The minimum absolute atomic E-state index is 0.665. The smallest absolute Gasteiger partial charge is 0.160 e. The van der Waals surface area contributed by atoms with E-state index in [2.05, 4.69) is 253 Å². The Morgan fingerprint density at radius 2 is 0.467 bits per heavy atom. The first-order valence-corrected chi connectivity index (χ1v) is 39.9. The summed E-state index contributed by atoms with van der Waals surface area (Å²) in [6.45, 7) is 0. The molecule has 0 radical (unpaired) electrons. The van der Waals surface area contributed by atoms with Crippen LogP contribution in [0, 0.1) is 0 Å². The van der Waals surface area contributed by atoms with Crippen LogP contribution in [-0.4, -0.2) is 59.8 Å². The van der Waals surface area contributed by atoms with Crippen molar-refractivity contribution in [2.24, 2.45) is 0 Å². The number of rotatable bonds is 12. The quantitative estimate of drug-likeness (QED) is 0.107. The van der Waals surface area contributed by atoms with Crippen molar-refractivity contribution in [2.45, 2.75) is 0 Å². The van der Waals surface area contributed by atoms with Crippen LogP contribution in [0.2, 0.25) is 0 Å². The Balaban J connectivity index is 0.000000144. The molecule has 558 valence electrons. The zero-order valence-corrected chi connectivity index (χ0v) is 64.5. The van der Waals surface area contributed by atoms with Crippen LogP contribution in [0.25, 0.3) is 233 Å². The standard InChI is InChI=1S/C56H34N6.C52H32N6/c1-3-10-35(11-4-1)52-34-53(62-56(61-52)40-12-5-2-6-13-40)49-30-24-37-18-22-42(33-51(37)59-49)41-21-17-36-23-28-47(58-50(36)32-41)45-26-27-46(44-16-8-7-15-43(44)45)48-29-25-39-20-19-38-14-9-31-57-54(38)55(39)60-48;1-3-9-34(10-4-1)48-32-49(58-52(57-48)38-11-5-2-6-12-38)45-26-24-37-20-22-40(31-47(37)56-45)39-21-19-36-23-25-44(55-46(36)30-39)35-17-15-33(16-18-35)43-29-41-13-7-27-53-50(41)51-42(43)14-8-28-54-51/h1-34H;1-32H. The molecule has 0 saturated carbocycles. The van der Waals surface area contributed by atoms with Gasteiger partial charge in [-0.15, -0.1) is 0 Å². The lowest BCUT2D eigenvalue weighted by Gasteiger charge is -2.13. The molecule has 0 aliphatic rings. The third-order valence-corrected chi connectivity index (χ3v) is 22.5. The van der Waals surface area contributed by atoms with Gasteiger partial charge in [0.05, 0.1) is 95.4 Å². The second kappa shape index (κ2) is 30.1. The molecule has 120 heavy (non-hydrogen) atoms. The number of nitrogens with zero attached hydrogens (tertiary/aromatic N) is 12. The average Bonchev–Trinajstić information content (AvgIpc) is 0.747. The van der Waals surface area contributed by atoms with Crippen molar-refractivity contribution in [2.75, 3.05) is 0 Å². The predicted molar refractivity (Wildman–Crippen MR) is 489 cm³/mol. The van der Waals surface area contributed by atoms with E-state index >= 15 is 0 Å². The van der Waals surface area contributed by atoms with Gasteiger partial charge in [-0.05, 0) is 135 Å². The topological polar surface area (TPSA) is 155 Å². The van der Waals surface area contributed by atoms with E-state index in [1.54, 1.807) is 0 Å². The van der Waals surface area contributed by atoms with Gasteiger partial charge in [-0.2, -0.15) is 0 Å². The molecule has 0 aliphatic carbocycles. The Hall–Kier alpha value is -16.4. The fourth-order valence-electron chi connectivity index (χ4n) is 16.3. The van der Waals surface area contributed by atoms with Gasteiger partial charge in [0.25, 0.3) is 0 Å². The molecule has 13 aromatic carbocycles. The average molecular weight is 1530 g/mol. The van der Waals surface area contributed by atoms with Gasteiger partial charge in [-0.3, -0.25) is 15.0 Å². The largest absolute Gasteiger partial charge is 0.254 e. The summed E-state index contributed by atoms with van der Waals surface area (Å²) >= 11 is 0. The van der Waals surface area contributed by atoms with Crippen molar-refractivity contribution in [3.63, 3.8) is 0 Å². The Bertz CT molecular complexity index is 7850. The summed E-state index contributed by atoms with van der Waals surface area (Å²) < 4.78 is 0. The van der Waals surface area contributed by atoms with Gasteiger partial charge in [0, 0.05) is 101 Å². The van der Waals surface area contributed by atoms with Gasteiger partial charge >= 0.3 is 0 Å². The maximum absolute atomic E-state index is 5.29. The van der Waals surface area contributed by atoms with Crippen LogP contribution in [0.5, 0.6) is 0 Å². The highest BCUT2D eigenvalue weighted by molar-refractivity contribution is 6.11. The van der Waals surface area contributed by atoms with Gasteiger partial charge in [0.2, 0.25) is 0 Å². The van der Waals surface area contributed by atoms with Crippen LogP contribution in [0.4, 0.5) is 0 Å². The van der Waals surface area contributed by atoms with Crippen LogP contribution in [-0.2, 0) is 0 Å². The predicted octanol–water partition coefficient (Wildman–Crippen LogP) is 26.5. The zero-order chi connectivity index (χ0) is 79.4. The Morgan fingerprint density at radius 3 is 0.958 bits per heavy atom. The van der Waals surface area contributed by atoms with Gasteiger partial charge in [0.1, 0.15) is 0 Å². The molecule has 23 aromatic rings. The van der Waals surface area contributed by atoms with Crippen LogP contribution >= 0.6 is 0 Å². The monoisotopic (exact) mass is 1530 g/mol. The van der Waals surface area contributed by atoms with E-state index in [1.807, 2.05) is 158 Å². The first-order chi connectivity index (χ1) is 59.4. The van der Waals surface area contributed by atoms with E-state index in [4.69, 9.17) is 49.8 Å². The van der Waals surface area contributed by atoms with Gasteiger partial charge < -0.3 is 0 Å². The molecule has 12 heteroatoms. The van der Waals surface area contributed by atoms with Gasteiger partial charge in [-0.1, -0.05) is 291 Å². The lowest BCUT2D eigenvalue weighted by molar-refractivity contribution is 1.17. The zero-order valence-electron chi connectivity index (χ0n) is 64.5. The van der Waals surface area contributed by atoms with E-state index in [0.717, 1.165) is 222 Å². The van der Waals surface area contributed by atoms with Crippen molar-refractivity contribution < 1.29 is 0 Å². The summed E-state index contributed by atoms with van der Waals surface area (Å²) in [5.41, 5.74) is 28.6. The van der Waals surface area contributed by atoms with Gasteiger partial charge in [-0.25, -0.2) is 44.9 Å². The number of hydrogen-bond acceptors (Lipinski definition) is 12. The highest BCUT2D eigenvalue weighted by Crippen LogP contribution is 2.41. The lowest BCUT2D eigenvalue weighted by Crippen LogP contribution is -1.97. The van der Waals surface area contributed by atoms with E-state index in [0.29, 0.717) is 11.6 Å². The molecular formula is C108H66N12. The molecule has 0 N–H and O–H groups in total. The summed E-state index contributed by atoms with van der Waals surface area (Å²) in [7, 11) is 0. The molecule has 0 amide bonds.